The van der Waals surface area contributed by atoms with Gasteiger partial charge in [-0.3, -0.25) is 4.79 Å². The van der Waals surface area contributed by atoms with Crippen molar-refractivity contribution in [2.45, 2.75) is 26.7 Å². The quantitative estimate of drug-likeness (QED) is 0.668. The zero-order valence-corrected chi connectivity index (χ0v) is 16.9. The first-order valence-electron chi connectivity index (χ1n) is 10.3. The summed E-state index contributed by atoms with van der Waals surface area (Å²) in [5, 5.41) is 3.32. The first-order valence-corrected chi connectivity index (χ1v) is 10.3. The third-order valence-corrected chi connectivity index (χ3v) is 5.46. The number of amides is 1. The van der Waals surface area contributed by atoms with E-state index >= 15 is 0 Å². The number of carbonyl (C=O) groups is 1. The Morgan fingerprint density at radius 3 is 2.79 bits per heavy atom. The number of benzene rings is 1. The van der Waals surface area contributed by atoms with Crippen molar-refractivity contribution < 1.29 is 4.79 Å². The topological polar surface area (TPSA) is 90.0 Å². The number of imidazole rings is 1. The van der Waals surface area contributed by atoms with Gasteiger partial charge in [0.2, 0.25) is 11.9 Å². The molecular weight excluding hydrogens is 366 g/mol. The molecule has 4 rings (SSSR count). The van der Waals surface area contributed by atoms with E-state index in [0.29, 0.717) is 18.0 Å². The minimum Gasteiger partial charge on any atom is -0.343 e. The largest absolute Gasteiger partial charge is 0.343 e. The molecule has 1 unspecified atom stereocenters. The van der Waals surface area contributed by atoms with Crippen LogP contribution in [0.1, 0.15) is 26.7 Å². The summed E-state index contributed by atoms with van der Waals surface area (Å²) in [5.41, 5.74) is 2.33. The number of rotatable bonds is 6. The standard InChI is InChI=1S/C21H27N7O/c1-3-27(4-2)20(29)15-9-8-12-28(13-15)21-25-17-18(22-14-23-19(17)26-21)24-16-10-6-5-7-11-16/h5-7,10-11,14-15H,3-4,8-9,12-13H2,1-2H3,(H2,22,23,24,25,26). The van der Waals surface area contributed by atoms with E-state index in [9.17, 15) is 4.79 Å². The molecule has 3 heterocycles. The summed E-state index contributed by atoms with van der Waals surface area (Å²) in [7, 11) is 0. The fraction of sp³-hybridized carbons (Fsp3) is 0.429. The first-order chi connectivity index (χ1) is 14.2. The number of aromatic nitrogens is 4. The molecule has 0 spiro atoms. The molecule has 8 heteroatoms. The summed E-state index contributed by atoms with van der Waals surface area (Å²) >= 11 is 0. The number of H-pyrrole nitrogens is 1. The van der Waals surface area contributed by atoms with Gasteiger partial charge >= 0.3 is 0 Å². The van der Waals surface area contributed by atoms with E-state index in [2.05, 4.69) is 30.2 Å². The number of anilines is 3. The first kappa shape index (κ1) is 19.2. The van der Waals surface area contributed by atoms with Crippen LogP contribution in [0.5, 0.6) is 0 Å². The summed E-state index contributed by atoms with van der Waals surface area (Å²) in [5.74, 6) is 1.67. The number of nitrogens with zero attached hydrogens (tertiary/aromatic N) is 5. The van der Waals surface area contributed by atoms with Crippen molar-refractivity contribution in [3.63, 3.8) is 0 Å². The third-order valence-electron chi connectivity index (χ3n) is 5.46. The van der Waals surface area contributed by atoms with Crippen molar-refractivity contribution in [3.05, 3.63) is 36.7 Å². The fourth-order valence-electron chi connectivity index (χ4n) is 3.88. The van der Waals surface area contributed by atoms with E-state index in [0.717, 1.165) is 49.6 Å². The lowest BCUT2D eigenvalue weighted by Gasteiger charge is -2.34. The van der Waals surface area contributed by atoms with E-state index in [1.165, 1.54) is 6.33 Å². The van der Waals surface area contributed by atoms with E-state index in [-0.39, 0.29) is 11.8 Å². The molecule has 1 atom stereocenters. The van der Waals surface area contributed by atoms with Crippen LogP contribution >= 0.6 is 0 Å². The highest BCUT2D eigenvalue weighted by molar-refractivity contribution is 5.86. The van der Waals surface area contributed by atoms with Crippen LogP contribution in [0.3, 0.4) is 0 Å². The van der Waals surface area contributed by atoms with Gasteiger partial charge < -0.3 is 20.1 Å². The molecule has 1 amide bonds. The molecule has 1 saturated heterocycles. The molecule has 1 aliphatic heterocycles. The number of aromatic amines is 1. The van der Waals surface area contributed by atoms with Crippen molar-refractivity contribution in [3.8, 4) is 0 Å². The highest BCUT2D eigenvalue weighted by Gasteiger charge is 2.29. The molecule has 1 aromatic carbocycles. The second-order valence-electron chi connectivity index (χ2n) is 7.27. The number of fused-ring (bicyclic) bond motifs is 1. The monoisotopic (exact) mass is 393 g/mol. The molecule has 152 valence electrons. The number of hydrogen-bond donors (Lipinski definition) is 2. The molecule has 29 heavy (non-hydrogen) atoms. The molecule has 8 nitrogen and oxygen atoms in total. The van der Waals surface area contributed by atoms with Gasteiger partial charge in [-0.15, -0.1) is 0 Å². The van der Waals surface area contributed by atoms with E-state index < -0.39 is 0 Å². The Bertz CT molecular complexity index is 968. The van der Waals surface area contributed by atoms with Crippen LogP contribution in [0.25, 0.3) is 11.2 Å². The third kappa shape index (κ3) is 4.01. The van der Waals surface area contributed by atoms with Gasteiger partial charge in [-0.05, 0) is 38.8 Å². The second-order valence-corrected chi connectivity index (χ2v) is 7.27. The van der Waals surface area contributed by atoms with Crippen LogP contribution in [-0.4, -0.2) is 56.9 Å². The fourth-order valence-corrected chi connectivity index (χ4v) is 3.88. The zero-order valence-electron chi connectivity index (χ0n) is 16.9. The Balaban J connectivity index is 1.56. The molecule has 0 bridgehead atoms. The van der Waals surface area contributed by atoms with Crippen molar-refractivity contribution >= 4 is 34.5 Å². The molecule has 2 aromatic heterocycles. The zero-order chi connectivity index (χ0) is 20.2. The Kier molecular flexibility index (Phi) is 5.59. The van der Waals surface area contributed by atoms with E-state index in [1.807, 2.05) is 49.1 Å². The summed E-state index contributed by atoms with van der Waals surface area (Å²) < 4.78 is 0. The molecule has 1 aliphatic rings. The van der Waals surface area contributed by atoms with Crippen molar-refractivity contribution in [2.75, 3.05) is 36.4 Å². The van der Waals surface area contributed by atoms with Gasteiger partial charge in [-0.2, -0.15) is 4.98 Å². The lowest BCUT2D eigenvalue weighted by molar-refractivity contribution is -0.135. The molecular formula is C21H27N7O. The van der Waals surface area contributed by atoms with Gasteiger partial charge in [0.15, 0.2) is 11.5 Å². The summed E-state index contributed by atoms with van der Waals surface area (Å²) in [4.78, 5) is 33.6. The predicted octanol–water partition coefficient (Wildman–Crippen LogP) is 3.18. The lowest BCUT2D eigenvalue weighted by atomic mass is 9.96. The Morgan fingerprint density at radius 1 is 1.24 bits per heavy atom. The molecule has 0 aliphatic carbocycles. The summed E-state index contributed by atoms with van der Waals surface area (Å²) in [6.45, 7) is 7.10. The van der Waals surface area contributed by atoms with Crippen LogP contribution < -0.4 is 10.2 Å². The molecule has 0 saturated carbocycles. The van der Waals surface area contributed by atoms with Gasteiger partial charge in [0.25, 0.3) is 0 Å². The Hall–Kier alpha value is -3.16. The number of para-hydroxylation sites is 1. The smallest absolute Gasteiger partial charge is 0.227 e. The molecule has 0 radical (unpaired) electrons. The number of nitrogens with one attached hydrogen (secondary N) is 2. The Morgan fingerprint density at radius 2 is 2.03 bits per heavy atom. The molecule has 2 N–H and O–H groups in total. The van der Waals surface area contributed by atoms with Crippen LogP contribution in [0.4, 0.5) is 17.5 Å². The van der Waals surface area contributed by atoms with Crippen molar-refractivity contribution in [1.82, 2.24) is 24.8 Å². The maximum Gasteiger partial charge on any atom is 0.227 e. The normalized spacial score (nSPS) is 16.8. The Labute approximate surface area is 170 Å². The average molecular weight is 393 g/mol. The van der Waals surface area contributed by atoms with Crippen LogP contribution in [0, 0.1) is 5.92 Å². The van der Waals surface area contributed by atoms with Crippen LogP contribution in [-0.2, 0) is 4.79 Å². The second kappa shape index (κ2) is 8.46. The highest BCUT2D eigenvalue weighted by atomic mass is 16.2. The van der Waals surface area contributed by atoms with Gasteiger partial charge in [-0.25, -0.2) is 9.97 Å². The van der Waals surface area contributed by atoms with Gasteiger partial charge in [0.05, 0.1) is 5.92 Å². The van der Waals surface area contributed by atoms with Gasteiger partial charge in [0.1, 0.15) is 11.8 Å². The van der Waals surface area contributed by atoms with Crippen LogP contribution in [0.15, 0.2) is 36.7 Å². The summed E-state index contributed by atoms with van der Waals surface area (Å²) in [6.07, 6.45) is 3.41. The number of hydrogen-bond acceptors (Lipinski definition) is 6. The minimum absolute atomic E-state index is 0.00450. The summed E-state index contributed by atoms with van der Waals surface area (Å²) in [6, 6.07) is 9.89. The van der Waals surface area contributed by atoms with E-state index in [4.69, 9.17) is 0 Å². The predicted molar refractivity (Wildman–Crippen MR) is 114 cm³/mol. The minimum atomic E-state index is 0.00450. The molecule has 1 fully saturated rings. The van der Waals surface area contributed by atoms with Crippen molar-refractivity contribution in [2.24, 2.45) is 5.92 Å². The van der Waals surface area contributed by atoms with Crippen LogP contribution in [0.2, 0.25) is 0 Å². The highest BCUT2D eigenvalue weighted by Crippen LogP contribution is 2.27. The maximum atomic E-state index is 12.8. The van der Waals surface area contributed by atoms with Gasteiger partial charge in [0, 0.05) is 31.9 Å². The maximum absolute atomic E-state index is 12.8. The lowest BCUT2D eigenvalue weighted by Crippen LogP contribution is -2.45. The van der Waals surface area contributed by atoms with Gasteiger partial charge in [-0.1, -0.05) is 18.2 Å². The average Bonchev–Trinajstić information content (AvgIpc) is 3.21. The molecule has 3 aromatic rings. The van der Waals surface area contributed by atoms with Crippen molar-refractivity contribution in [1.29, 1.82) is 0 Å². The number of carbonyl (C=O) groups excluding carboxylic acids is 1. The SMILES string of the molecule is CCN(CC)C(=O)C1CCCN(c2nc3ncnc(Nc4ccccc4)c3[nH]2)C1. The van der Waals surface area contributed by atoms with E-state index in [1.54, 1.807) is 0 Å². The number of piperidine rings is 1.